The Morgan fingerprint density at radius 3 is 2.77 bits per heavy atom. The highest BCUT2D eigenvalue weighted by Gasteiger charge is 2.18. The fraction of sp³-hybridized carbons (Fsp3) is 0.316. The van der Waals surface area contributed by atoms with Gasteiger partial charge in [-0.3, -0.25) is 4.57 Å². The van der Waals surface area contributed by atoms with E-state index in [0.29, 0.717) is 17.9 Å². The molecule has 0 unspecified atom stereocenters. The van der Waals surface area contributed by atoms with Crippen LogP contribution in [0.5, 0.6) is 0 Å². The number of hydrogen-bond donors (Lipinski definition) is 2. The Balaban J connectivity index is 1.41. The van der Waals surface area contributed by atoms with Crippen molar-refractivity contribution in [3.8, 4) is 0 Å². The van der Waals surface area contributed by atoms with Gasteiger partial charge >= 0.3 is 5.69 Å². The summed E-state index contributed by atoms with van der Waals surface area (Å²) >= 11 is 0. The number of para-hydroxylation sites is 2. The molecule has 0 saturated heterocycles. The highest BCUT2D eigenvalue weighted by Crippen LogP contribution is 2.24. The lowest BCUT2D eigenvalue weighted by atomic mass is 10.1. The van der Waals surface area contributed by atoms with Crippen molar-refractivity contribution in [1.82, 2.24) is 14.3 Å². The Labute approximate surface area is 151 Å². The van der Waals surface area contributed by atoms with Gasteiger partial charge in [0.25, 0.3) is 0 Å². The molecule has 0 radical (unpaired) electrons. The zero-order valence-corrected chi connectivity index (χ0v) is 15.2. The molecule has 0 aliphatic heterocycles. The number of imidazole rings is 1. The van der Waals surface area contributed by atoms with Crippen LogP contribution in [0.3, 0.4) is 0 Å². The Kier molecular flexibility index (Phi) is 4.42. The highest BCUT2D eigenvalue weighted by molar-refractivity contribution is 7.89. The lowest BCUT2D eigenvalue weighted by Crippen LogP contribution is -2.27. The fourth-order valence-corrected chi connectivity index (χ4v) is 4.70. The van der Waals surface area contributed by atoms with Gasteiger partial charge in [0.1, 0.15) is 0 Å². The number of hydrogen-bond acceptors (Lipinski definition) is 3. The number of H-pyrrole nitrogens is 1. The molecule has 2 aromatic carbocycles. The molecular formula is C19H21N3O3S. The molecule has 0 bridgehead atoms. The second-order valence-corrected chi connectivity index (χ2v) is 8.40. The van der Waals surface area contributed by atoms with E-state index in [1.165, 1.54) is 5.56 Å². The van der Waals surface area contributed by atoms with E-state index in [-0.39, 0.29) is 12.2 Å². The minimum Gasteiger partial charge on any atom is -0.306 e. The summed E-state index contributed by atoms with van der Waals surface area (Å²) in [5.41, 5.74) is 3.84. The summed E-state index contributed by atoms with van der Waals surface area (Å²) in [6.45, 7) is 0.737. The van der Waals surface area contributed by atoms with Gasteiger partial charge in [0, 0.05) is 13.1 Å². The van der Waals surface area contributed by atoms with Crippen LogP contribution >= 0.6 is 0 Å². The fourth-order valence-electron chi connectivity index (χ4n) is 3.57. The van der Waals surface area contributed by atoms with Crippen molar-refractivity contribution in [2.45, 2.75) is 37.1 Å². The van der Waals surface area contributed by atoms with Crippen LogP contribution in [0.25, 0.3) is 11.0 Å². The number of nitrogens with zero attached hydrogens (tertiary/aromatic N) is 1. The predicted octanol–water partition coefficient (Wildman–Crippen LogP) is 2.19. The summed E-state index contributed by atoms with van der Waals surface area (Å²) in [5.74, 6) is 0. The summed E-state index contributed by atoms with van der Waals surface area (Å²) in [6.07, 6.45) is 3.60. The minimum atomic E-state index is -3.52. The molecule has 1 heterocycles. The maximum Gasteiger partial charge on any atom is 0.326 e. The molecule has 1 aliphatic carbocycles. The van der Waals surface area contributed by atoms with E-state index in [1.54, 1.807) is 16.7 Å². The van der Waals surface area contributed by atoms with Crippen LogP contribution < -0.4 is 10.4 Å². The Morgan fingerprint density at radius 2 is 1.88 bits per heavy atom. The first kappa shape index (κ1) is 17.1. The molecule has 0 atom stereocenters. The molecule has 0 spiro atoms. The number of nitrogens with one attached hydrogen (secondary N) is 2. The molecule has 0 saturated carbocycles. The van der Waals surface area contributed by atoms with Crippen LogP contribution in [0.4, 0.5) is 0 Å². The van der Waals surface area contributed by atoms with Gasteiger partial charge in [0.15, 0.2) is 0 Å². The first-order valence-electron chi connectivity index (χ1n) is 8.84. The second-order valence-electron chi connectivity index (χ2n) is 6.63. The number of sulfonamides is 1. The summed E-state index contributed by atoms with van der Waals surface area (Å²) < 4.78 is 29.3. The van der Waals surface area contributed by atoms with Crippen molar-refractivity contribution >= 4 is 21.1 Å². The van der Waals surface area contributed by atoms with Crippen molar-refractivity contribution in [2.75, 3.05) is 6.54 Å². The van der Waals surface area contributed by atoms with E-state index >= 15 is 0 Å². The topological polar surface area (TPSA) is 84.0 Å². The molecule has 0 amide bonds. The molecule has 6 nitrogen and oxygen atoms in total. The van der Waals surface area contributed by atoms with Crippen LogP contribution in [0.2, 0.25) is 0 Å². The standard InChI is InChI=1S/C19H21N3O3S/c23-19-21-17-7-1-2-8-18(17)22(19)12-4-11-20-26(24,25)16-10-9-14-5-3-6-15(14)13-16/h1-2,7-10,13,20H,3-6,11-12H2,(H,21,23). The lowest BCUT2D eigenvalue weighted by Gasteiger charge is -2.09. The van der Waals surface area contributed by atoms with E-state index in [4.69, 9.17) is 0 Å². The predicted molar refractivity (Wildman–Crippen MR) is 101 cm³/mol. The van der Waals surface area contributed by atoms with Crippen LogP contribution in [0, 0.1) is 0 Å². The quantitative estimate of drug-likeness (QED) is 0.652. The summed E-state index contributed by atoms with van der Waals surface area (Å²) in [5, 5.41) is 0. The van der Waals surface area contributed by atoms with E-state index in [0.717, 1.165) is 35.9 Å². The zero-order valence-electron chi connectivity index (χ0n) is 14.4. The molecule has 2 N–H and O–H groups in total. The highest BCUT2D eigenvalue weighted by atomic mass is 32.2. The van der Waals surface area contributed by atoms with E-state index in [1.807, 2.05) is 30.3 Å². The van der Waals surface area contributed by atoms with Crippen molar-refractivity contribution in [3.63, 3.8) is 0 Å². The Bertz CT molecular complexity index is 1110. The monoisotopic (exact) mass is 371 g/mol. The average Bonchev–Trinajstić information content (AvgIpc) is 3.22. The molecular weight excluding hydrogens is 350 g/mol. The minimum absolute atomic E-state index is 0.173. The van der Waals surface area contributed by atoms with E-state index in [9.17, 15) is 13.2 Å². The smallest absolute Gasteiger partial charge is 0.306 e. The zero-order chi connectivity index (χ0) is 18.1. The maximum atomic E-state index is 12.5. The summed E-state index contributed by atoms with van der Waals surface area (Å²) in [6, 6.07) is 12.9. The van der Waals surface area contributed by atoms with E-state index in [2.05, 4.69) is 9.71 Å². The van der Waals surface area contributed by atoms with Crippen LogP contribution in [0.15, 0.2) is 52.2 Å². The van der Waals surface area contributed by atoms with E-state index < -0.39 is 10.0 Å². The van der Waals surface area contributed by atoms with Gasteiger partial charge in [-0.1, -0.05) is 18.2 Å². The third-order valence-corrected chi connectivity index (χ3v) is 6.37. The first-order valence-corrected chi connectivity index (χ1v) is 10.3. The van der Waals surface area contributed by atoms with Crippen molar-refractivity contribution in [3.05, 3.63) is 64.1 Å². The molecule has 1 aliphatic rings. The number of aromatic amines is 1. The number of aryl methyl sites for hydroxylation is 3. The molecule has 136 valence electrons. The van der Waals surface area contributed by atoms with Crippen LogP contribution in [0.1, 0.15) is 24.0 Å². The Morgan fingerprint density at radius 1 is 1.08 bits per heavy atom. The van der Waals surface area contributed by atoms with Gasteiger partial charge in [0.05, 0.1) is 15.9 Å². The SMILES string of the molecule is O=c1[nH]c2ccccc2n1CCCNS(=O)(=O)c1ccc2c(c1)CCC2. The molecule has 7 heteroatoms. The van der Waals surface area contributed by atoms with Crippen LogP contribution in [-0.2, 0) is 29.4 Å². The molecule has 4 rings (SSSR count). The van der Waals surface area contributed by atoms with Gasteiger partial charge in [-0.2, -0.15) is 0 Å². The average molecular weight is 371 g/mol. The number of benzene rings is 2. The van der Waals surface area contributed by atoms with Crippen molar-refractivity contribution in [1.29, 1.82) is 0 Å². The van der Waals surface area contributed by atoms with Gasteiger partial charge in [0.2, 0.25) is 10.0 Å². The van der Waals surface area contributed by atoms with Gasteiger partial charge in [-0.15, -0.1) is 0 Å². The number of aromatic nitrogens is 2. The molecule has 1 aromatic heterocycles. The summed E-state index contributed by atoms with van der Waals surface area (Å²) in [4.78, 5) is 15.2. The molecule has 3 aromatic rings. The van der Waals surface area contributed by atoms with Crippen LogP contribution in [-0.4, -0.2) is 24.5 Å². The second kappa shape index (κ2) is 6.74. The van der Waals surface area contributed by atoms with Gasteiger partial charge < -0.3 is 4.98 Å². The van der Waals surface area contributed by atoms with Crippen molar-refractivity contribution < 1.29 is 8.42 Å². The Hall–Kier alpha value is -2.38. The van der Waals surface area contributed by atoms with Gasteiger partial charge in [-0.05, 0) is 61.1 Å². The third-order valence-electron chi connectivity index (χ3n) is 4.91. The normalized spacial score (nSPS) is 14.0. The molecule has 26 heavy (non-hydrogen) atoms. The third kappa shape index (κ3) is 3.20. The summed E-state index contributed by atoms with van der Waals surface area (Å²) in [7, 11) is -3.52. The van der Waals surface area contributed by atoms with Crippen molar-refractivity contribution in [2.24, 2.45) is 0 Å². The number of fused-ring (bicyclic) bond motifs is 2. The first-order chi connectivity index (χ1) is 12.5. The largest absolute Gasteiger partial charge is 0.326 e. The lowest BCUT2D eigenvalue weighted by molar-refractivity contribution is 0.569. The van der Waals surface area contributed by atoms with Gasteiger partial charge in [-0.25, -0.2) is 17.9 Å². The molecule has 0 fully saturated rings. The number of rotatable bonds is 6. The maximum absolute atomic E-state index is 12.5.